The average molecular weight is 444 g/mol. The van der Waals surface area contributed by atoms with Crippen molar-refractivity contribution in [2.45, 2.75) is 20.8 Å². The maximum atomic E-state index is 12.8. The fourth-order valence-corrected chi connectivity index (χ4v) is 4.17. The summed E-state index contributed by atoms with van der Waals surface area (Å²) < 4.78 is 23.4. The predicted molar refractivity (Wildman–Crippen MR) is 116 cm³/mol. The van der Waals surface area contributed by atoms with Crippen LogP contribution in [0.25, 0.3) is 11.2 Å². The van der Waals surface area contributed by atoms with Gasteiger partial charge in [-0.1, -0.05) is 0 Å². The lowest BCUT2D eigenvalue weighted by Crippen LogP contribution is -2.17. The molecule has 0 unspecified atom stereocenters. The number of hydrogen-bond acceptors (Lipinski definition) is 9. The Labute approximate surface area is 177 Å². The molecule has 162 valence electrons. The van der Waals surface area contributed by atoms with E-state index in [2.05, 4.69) is 30.2 Å². The van der Waals surface area contributed by atoms with E-state index in [9.17, 15) is 14.2 Å². The number of fused-ring (bicyclic) bond motifs is 1. The second-order valence-corrected chi connectivity index (χ2v) is 8.20. The van der Waals surface area contributed by atoms with Crippen LogP contribution in [0.5, 0.6) is 0 Å². The number of H-pyrrole nitrogens is 1. The summed E-state index contributed by atoms with van der Waals surface area (Å²) in [5.41, 5.74) is 0.478. The number of benzene rings is 1. The summed E-state index contributed by atoms with van der Waals surface area (Å²) in [6.07, 6.45) is 2.84. The van der Waals surface area contributed by atoms with E-state index in [1.54, 1.807) is 38.1 Å². The fraction of sp³-hybridized carbons (Fsp3) is 0.263. The summed E-state index contributed by atoms with van der Waals surface area (Å²) in [7, 11) is -3.36. The first-order chi connectivity index (χ1) is 14.8. The van der Waals surface area contributed by atoms with Gasteiger partial charge in [0.15, 0.2) is 11.2 Å². The van der Waals surface area contributed by atoms with Gasteiger partial charge in [0.25, 0.3) is 5.56 Å². The Balaban J connectivity index is 1.83. The van der Waals surface area contributed by atoms with Crippen molar-refractivity contribution in [1.29, 1.82) is 0 Å². The van der Waals surface area contributed by atoms with Crippen LogP contribution in [0.2, 0.25) is 0 Å². The van der Waals surface area contributed by atoms with Gasteiger partial charge >= 0.3 is 7.60 Å². The number of aromatic nitrogens is 4. The van der Waals surface area contributed by atoms with Crippen molar-refractivity contribution < 1.29 is 18.4 Å². The number of aromatic amines is 1. The molecule has 3 aromatic rings. The Kier molecular flexibility index (Phi) is 7.01. The largest absolute Gasteiger partial charge is 0.361 e. The highest BCUT2D eigenvalue weighted by Gasteiger charge is 2.26. The lowest BCUT2D eigenvalue weighted by atomic mass is 10.3. The van der Waals surface area contributed by atoms with Crippen molar-refractivity contribution in [2.24, 2.45) is 4.99 Å². The minimum absolute atomic E-state index is 0.00259. The molecule has 0 fully saturated rings. The molecule has 31 heavy (non-hydrogen) atoms. The smallest absolute Gasteiger partial charge is 0.305 e. The van der Waals surface area contributed by atoms with Gasteiger partial charge in [0.1, 0.15) is 5.69 Å². The lowest BCUT2D eigenvalue weighted by Gasteiger charge is -2.16. The summed E-state index contributed by atoms with van der Waals surface area (Å²) in [4.78, 5) is 42.4. The van der Waals surface area contributed by atoms with E-state index in [-0.39, 0.29) is 36.2 Å². The van der Waals surface area contributed by atoms with Gasteiger partial charge in [0, 0.05) is 6.92 Å². The summed E-state index contributed by atoms with van der Waals surface area (Å²) in [6.45, 7) is 5.32. The number of nitrogens with zero attached hydrogens (tertiary/aromatic N) is 4. The zero-order valence-corrected chi connectivity index (χ0v) is 18.1. The van der Waals surface area contributed by atoms with E-state index in [0.717, 1.165) is 0 Å². The Hall–Kier alpha value is -3.27. The predicted octanol–water partition coefficient (Wildman–Crippen LogP) is 2.31. The molecule has 0 saturated carbocycles. The van der Waals surface area contributed by atoms with Crippen molar-refractivity contribution in [3.05, 3.63) is 46.5 Å². The highest BCUT2D eigenvalue weighted by molar-refractivity contribution is 7.62. The normalized spacial score (nSPS) is 11.8. The number of amides is 1. The van der Waals surface area contributed by atoms with Crippen molar-refractivity contribution in [2.75, 3.05) is 18.5 Å². The van der Waals surface area contributed by atoms with Gasteiger partial charge in [-0.25, -0.2) is 9.97 Å². The van der Waals surface area contributed by atoms with Gasteiger partial charge < -0.3 is 9.05 Å². The average Bonchev–Trinajstić information content (AvgIpc) is 2.73. The second kappa shape index (κ2) is 9.69. The van der Waals surface area contributed by atoms with Crippen LogP contribution in [0.15, 0.2) is 40.2 Å². The molecule has 0 aliphatic heterocycles. The van der Waals surface area contributed by atoms with E-state index in [1.165, 1.54) is 19.3 Å². The Bertz CT molecular complexity index is 1210. The molecule has 2 N–H and O–H groups in total. The molecule has 0 spiro atoms. The molecule has 0 saturated heterocycles. The number of aliphatic imine (C=N–C) groups is 1. The molecule has 1 amide bonds. The molecule has 2 heterocycles. The van der Waals surface area contributed by atoms with Gasteiger partial charge in [0.2, 0.25) is 11.9 Å². The minimum Gasteiger partial charge on any atom is -0.305 e. The summed E-state index contributed by atoms with van der Waals surface area (Å²) >= 11 is 0. The highest BCUT2D eigenvalue weighted by Crippen LogP contribution is 2.46. The fourth-order valence-electron chi connectivity index (χ4n) is 2.61. The number of carbonyl (C=O) groups excluding carboxylic acids is 1. The monoisotopic (exact) mass is 444 g/mol. The molecule has 3 rings (SSSR count). The van der Waals surface area contributed by atoms with E-state index in [1.807, 2.05) is 0 Å². The van der Waals surface area contributed by atoms with Crippen LogP contribution in [-0.4, -0.2) is 45.3 Å². The first kappa shape index (κ1) is 22.4. The van der Waals surface area contributed by atoms with Crippen molar-refractivity contribution >= 4 is 47.8 Å². The van der Waals surface area contributed by atoms with Gasteiger partial charge in [-0.3, -0.25) is 29.4 Å². The van der Waals surface area contributed by atoms with Gasteiger partial charge in [-0.05, 0) is 38.1 Å². The van der Waals surface area contributed by atoms with E-state index < -0.39 is 13.2 Å². The zero-order chi connectivity index (χ0) is 22.4. The Morgan fingerprint density at radius 3 is 2.48 bits per heavy atom. The van der Waals surface area contributed by atoms with Gasteiger partial charge in [-0.15, -0.1) is 0 Å². The number of rotatable bonds is 8. The van der Waals surface area contributed by atoms with Crippen LogP contribution in [0.4, 0.5) is 11.6 Å². The standard InChI is InChI=1S/C19H21N6O5P/c1-4-29-31(28,30-5-2)15-8-6-13(7-9-15)20-10-14-11-21-17-16(23-14)18(27)25-19(24-17)22-12(3)26/h6-11H,4-5H2,1-3H3,(H2,21,22,24,25,26,27). The third-order valence-corrected chi connectivity index (χ3v) is 5.97. The molecule has 0 atom stereocenters. The van der Waals surface area contributed by atoms with E-state index in [0.29, 0.717) is 16.7 Å². The molecule has 0 radical (unpaired) electrons. The SMILES string of the molecule is CCOP(=O)(OCC)c1ccc(N=Cc2cnc3nc(NC(C)=O)[nH]c(=O)c3n2)cc1. The van der Waals surface area contributed by atoms with Crippen LogP contribution < -0.4 is 16.2 Å². The molecule has 2 aromatic heterocycles. The number of carbonyl (C=O) groups is 1. The summed E-state index contributed by atoms with van der Waals surface area (Å²) in [5, 5.41) is 2.83. The van der Waals surface area contributed by atoms with Crippen LogP contribution in [-0.2, 0) is 18.4 Å². The lowest BCUT2D eigenvalue weighted by molar-refractivity contribution is -0.114. The van der Waals surface area contributed by atoms with Gasteiger partial charge in [0.05, 0.1) is 36.6 Å². The highest BCUT2D eigenvalue weighted by atomic mass is 31.2. The zero-order valence-electron chi connectivity index (χ0n) is 17.2. The van der Waals surface area contributed by atoms with Crippen molar-refractivity contribution in [1.82, 2.24) is 19.9 Å². The summed E-state index contributed by atoms with van der Waals surface area (Å²) in [5.74, 6) is -0.374. The first-order valence-corrected chi connectivity index (χ1v) is 11.0. The van der Waals surface area contributed by atoms with E-state index >= 15 is 0 Å². The number of nitrogens with one attached hydrogen (secondary N) is 2. The van der Waals surface area contributed by atoms with Crippen LogP contribution in [0.3, 0.4) is 0 Å². The van der Waals surface area contributed by atoms with Crippen LogP contribution >= 0.6 is 7.60 Å². The molecule has 0 aliphatic carbocycles. The third-order valence-electron chi connectivity index (χ3n) is 3.84. The minimum atomic E-state index is -3.36. The summed E-state index contributed by atoms with van der Waals surface area (Å²) in [6, 6.07) is 6.59. The molecule has 11 nitrogen and oxygen atoms in total. The number of anilines is 1. The van der Waals surface area contributed by atoms with E-state index in [4.69, 9.17) is 9.05 Å². The topological polar surface area (TPSA) is 149 Å². The van der Waals surface area contributed by atoms with Crippen molar-refractivity contribution in [3.63, 3.8) is 0 Å². The first-order valence-electron chi connectivity index (χ1n) is 9.43. The van der Waals surface area contributed by atoms with Crippen molar-refractivity contribution in [3.8, 4) is 0 Å². The molecule has 0 bridgehead atoms. The molecular weight excluding hydrogens is 423 g/mol. The van der Waals surface area contributed by atoms with Gasteiger partial charge in [-0.2, -0.15) is 4.98 Å². The Morgan fingerprint density at radius 2 is 1.87 bits per heavy atom. The molecule has 0 aliphatic rings. The molecule has 1 aromatic carbocycles. The second-order valence-electron chi connectivity index (χ2n) is 6.17. The quantitative estimate of drug-likeness (QED) is 0.397. The number of hydrogen-bond donors (Lipinski definition) is 2. The maximum absolute atomic E-state index is 12.8. The molecule has 12 heteroatoms. The Morgan fingerprint density at radius 1 is 1.19 bits per heavy atom. The van der Waals surface area contributed by atoms with Crippen LogP contribution in [0.1, 0.15) is 26.5 Å². The third kappa shape index (κ3) is 5.46. The molecular formula is C19H21N6O5P. The van der Waals surface area contributed by atoms with Crippen LogP contribution in [0, 0.1) is 0 Å². The maximum Gasteiger partial charge on any atom is 0.361 e.